The quantitative estimate of drug-likeness (QED) is 0.754. The normalized spacial score (nSPS) is 13.9. The molecule has 0 aromatic heterocycles. The van der Waals surface area contributed by atoms with Crippen LogP contribution in [-0.2, 0) is 9.59 Å². The van der Waals surface area contributed by atoms with Crippen LogP contribution < -0.4 is 14.5 Å². The number of ether oxygens (including phenoxy) is 1. The number of para-hydroxylation sites is 2. The Morgan fingerprint density at radius 1 is 1.00 bits per heavy atom. The van der Waals surface area contributed by atoms with Crippen LogP contribution in [0.2, 0.25) is 0 Å². The zero-order valence-electron chi connectivity index (χ0n) is 17.4. The molecular formula is C23H29N3O3. The Hall–Kier alpha value is -3.02. The van der Waals surface area contributed by atoms with Gasteiger partial charge >= 0.3 is 0 Å². The highest BCUT2D eigenvalue weighted by atomic mass is 16.5. The summed E-state index contributed by atoms with van der Waals surface area (Å²) in [5, 5.41) is 0. The van der Waals surface area contributed by atoms with Gasteiger partial charge in [0.1, 0.15) is 5.75 Å². The maximum Gasteiger partial charge on any atom is 0.224 e. The van der Waals surface area contributed by atoms with E-state index < -0.39 is 0 Å². The van der Waals surface area contributed by atoms with Crippen molar-refractivity contribution in [1.82, 2.24) is 4.90 Å². The van der Waals surface area contributed by atoms with E-state index in [9.17, 15) is 9.59 Å². The Morgan fingerprint density at radius 2 is 1.66 bits per heavy atom. The van der Waals surface area contributed by atoms with Crippen LogP contribution in [-0.4, -0.2) is 56.5 Å². The van der Waals surface area contributed by atoms with Crippen LogP contribution in [0.3, 0.4) is 0 Å². The summed E-state index contributed by atoms with van der Waals surface area (Å²) in [7, 11) is 1.67. The van der Waals surface area contributed by atoms with Crippen LogP contribution in [0, 0.1) is 6.92 Å². The summed E-state index contributed by atoms with van der Waals surface area (Å²) in [6.07, 6.45) is 0.322. The third-order valence-electron chi connectivity index (χ3n) is 5.33. The van der Waals surface area contributed by atoms with Crippen molar-refractivity contribution >= 4 is 23.2 Å². The third-order valence-corrected chi connectivity index (χ3v) is 5.33. The summed E-state index contributed by atoms with van der Waals surface area (Å²) in [4.78, 5) is 30.6. The van der Waals surface area contributed by atoms with E-state index in [2.05, 4.69) is 4.90 Å². The van der Waals surface area contributed by atoms with Gasteiger partial charge in [0.2, 0.25) is 11.8 Å². The van der Waals surface area contributed by atoms with Crippen LogP contribution in [0.5, 0.6) is 5.75 Å². The summed E-state index contributed by atoms with van der Waals surface area (Å²) < 4.78 is 5.45. The van der Waals surface area contributed by atoms with Crippen LogP contribution in [0.4, 0.5) is 11.4 Å². The summed E-state index contributed by atoms with van der Waals surface area (Å²) >= 11 is 0. The fraction of sp³-hybridized carbons (Fsp3) is 0.391. The highest BCUT2D eigenvalue weighted by molar-refractivity contribution is 5.92. The zero-order valence-corrected chi connectivity index (χ0v) is 17.4. The van der Waals surface area contributed by atoms with Gasteiger partial charge in [-0.05, 0) is 31.2 Å². The molecule has 1 aliphatic rings. The lowest BCUT2D eigenvalue weighted by atomic mass is 10.2. The lowest BCUT2D eigenvalue weighted by Gasteiger charge is -2.37. The van der Waals surface area contributed by atoms with Crippen LogP contribution in [0.25, 0.3) is 0 Å². The van der Waals surface area contributed by atoms with E-state index >= 15 is 0 Å². The topological polar surface area (TPSA) is 53.1 Å². The number of piperazine rings is 1. The molecule has 0 unspecified atom stereocenters. The molecule has 154 valence electrons. The van der Waals surface area contributed by atoms with Crippen LogP contribution >= 0.6 is 0 Å². The van der Waals surface area contributed by atoms with Crippen molar-refractivity contribution in [3.8, 4) is 5.75 Å². The number of carbonyl (C=O) groups excluding carboxylic acids is 2. The second-order valence-electron chi connectivity index (χ2n) is 7.30. The number of anilines is 2. The molecule has 0 N–H and O–H groups in total. The van der Waals surface area contributed by atoms with Gasteiger partial charge in [0.05, 0.1) is 12.8 Å². The minimum Gasteiger partial charge on any atom is -0.495 e. The fourth-order valence-corrected chi connectivity index (χ4v) is 3.65. The summed E-state index contributed by atoms with van der Waals surface area (Å²) in [6, 6.07) is 15.7. The molecule has 0 atom stereocenters. The molecule has 3 rings (SSSR count). The molecule has 0 spiro atoms. The third kappa shape index (κ3) is 5.08. The molecule has 1 aliphatic heterocycles. The molecule has 2 amide bonds. The van der Waals surface area contributed by atoms with Gasteiger partial charge in [-0.3, -0.25) is 9.59 Å². The smallest absolute Gasteiger partial charge is 0.224 e. The van der Waals surface area contributed by atoms with Crippen molar-refractivity contribution in [3.63, 3.8) is 0 Å². The number of rotatable bonds is 6. The van der Waals surface area contributed by atoms with Crippen molar-refractivity contribution in [1.29, 1.82) is 0 Å². The number of amides is 2. The second-order valence-corrected chi connectivity index (χ2v) is 7.30. The maximum absolute atomic E-state index is 12.7. The summed E-state index contributed by atoms with van der Waals surface area (Å²) in [5.41, 5.74) is 3.03. The minimum absolute atomic E-state index is 0.0531. The molecule has 2 aromatic rings. The van der Waals surface area contributed by atoms with Crippen molar-refractivity contribution in [2.24, 2.45) is 0 Å². The fourth-order valence-electron chi connectivity index (χ4n) is 3.65. The molecule has 0 bridgehead atoms. The van der Waals surface area contributed by atoms with Gasteiger partial charge in [-0.25, -0.2) is 0 Å². The Kier molecular flexibility index (Phi) is 6.75. The van der Waals surface area contributed by atoms with Crippen LogP contribution in [0.15, 0.2) is 48.5 Å². The molecule has 0 saturated carbocycles. The van der Waals surface area contributed by atoms with Crippen molar-refractivity contribution in [2.45, 2.75) is 20.3 Å². The first kappa shape index (κ1) is 20.7. The first-order valence-corrected chi connectivity index (χ1v) is 10.00. The number of nitrogens with zero attached hydrogens (tertiary/aromatic N) is 3. The predicted octanol–water partition coefficient (Wildman–Crippen LogP) is 3.10. The van der Waals surface area contributed by atoms with E-state index in [1.807, 2.05) is 60.4 Å². The number of benzene rings is 2. The van der Waals surface area contributed by atoms with E-state index in [0.717, 1.165) is 35.8 Å². The van der Waals surface area contributed by atoms with Crippen LogP contribution in [0.1, 0.15) is 18.9 Å². The van der Waals surface area contributed by atoms with Gasteiger partial charge in [0.15, 0.2) is 0 Å². The maximum atomic E-state index is 12.7. The molecule has 2 aromatic carbocycles. The zero-order chi connectivity index (χ0) is 20.8. The average Bonchev–Trinajstić information content (AvgIpc) is 2.75. The largest absolute Gasteiger partial charge is 0.495 e. The highest BCUT2D eigenvalue weighted by Gasteiger charge is 2.23. The standard InChI is InChI=1S/C23H29N3O3/c1-18-8-10-20(11-9-18)26(19(2)27)13-12-23(28)25-16-14-24(15-17-25)21-6-4-5-7-22(21)29-3/h4-11H,12-17H2,1-3H3. The van der Waals surface area contributed by atoms with Gasteiger partial charge in [-0.15, -0.1) is 0 Å². The molecule has 6 heteroatoms. The Morgan fingerprint density at radius 3 is 2.28 bits per heavy atom. The van der Waals surface area contributed by atoms with Crippen molar-refractivity contribution in [2.75, 3.05) is 49.6 Å². The van der Waals surface area contributed by atoms with E-state index in [1.54, 1.807) is 12.0 Å². The molecule has 1 saturated heterocycles. The van der Waals surface area contributed by atoms with Gasteiger partial charge in [0.25, 0.3) is 0 Å². The molecule has 0 aliphatic carbocycles. The molecule has 1 fully saturated rings. The molecule has 29 heavy (non-hydrogen) atoms. The number of aryl methyl sites for hydroxylation is 1. The number of hydrogen-bond donors (Lipinski definition) is 0. The molecule has 1 heterocycles. The van der Waals surface area contributed by atoms with Crippen molar-refractivity contribution < 1.29 is 14.3 Å². The lowest BCUT2D eigenvalue weighted by molar-refractivity contribution is -0.131. The number of methoxy groups -OCH3 is 1. The van der Waals surface area contributed by atoms with Gasteiger partial charge in [0, 0.05) is 51.8 Å². The van der Waals surface area contributed by atoms with E-state index in [4.69, 9.17) is 4.74 Å². The minimum atomic E-state index is -0.0531. The first-order chi connectivity index (χ1) is 14.0. The first-order valence-electron chi connectivity index (χ1n) is 10.00. The average molecular weight is 396 g/mol. The number of carbonyl (C=O) groups is 2. The Labute approximate surface area is 172 Å². The second kappa shape index (κ2) is 9.45. The predicted molar refractivity (Wildman–Crippen MR) is 116 cm³/mol. The van der Waals surface area contributed by atoms with Crippen molar-refractivity contribution in [3.05, 3.63) is 54.1 Å². The summed E-state index contributed by atoms with van der Waals surface area (Å²) in [5.74, 6) is 0.883. The number of hydrogen-bond acceptors (Lipinski definition) is 4. The lowest BCUT2D eigenvalue weighted by Crippen LogP contribution is -2.49. The SMILES string of the molecule is COc1ccccc1N1CCN(C(=O)CCN(C(C)=O)c2ccc(C)cc2)CC1. The Balaban J connectivity index is 1.55. The summed E-state index contributed by atoms with van der Waals surface area (Å²) in [6.45, 7) is 6.81. The molecule has 6 nitrogen and oxygen atoms in total. The molecule has 0 radical (unpaired) electrons. The van der Waals surface area contributed by atoms with E-state index in [0.29, 0.717) is 26.1 Å². The van der Waals surface area contributed by atoms with Gasteiger partial charge in [-0.2, -0.15) is 0 Å². The van der Waals surface area contributed by atoms with Gasteiger partial charge < -0.3 is 19.4 Å². The van der Waals surface area contributed by atoms with Gasteiger partial charge in [-0.1, -0.05) is 29.8 Å². The highest BCUT2D eigenvalue weighted by Crippen LogP contribution is 2.28. The Bertz CT molecular complexity index is 843. The van der Waals surface area contributed by atoms with E-state index in [-0.39, 0.29) is 11.8 Å². The van der Waals surface area contributed by atoms with E-state index in [1.165, 1.54) is 6.92 Å². The molecular weight excluding hydrogens is 366 g/mol. The monoisotopic (exact) mass is 395 g/mol.